The van der Waals surface area contributed by atoms with Crippen molar-refractivity contribution in [1.82, 2.24) is 5.32 Å². The third kappa shape index (κ3) is 0.596. The van der Waals surface area contributed by atoms with Crippen LogP contribution in [-0.4, -0.2) is 6.04 Å². The van der Waals surface area contributed by atoms with Gasteiger partial charge in [-0.3, -0.25) is 0 Å². The Morgan fingerprint density at radius 1 is 1.18 bits per heavy atom. The average molecular weight is 145 g/mol. The summed E-state index contributed by atoms with van der Waals surface area (Å²) < 4.78 is 0. The summed E-state index contributed by atoms with van der Waals surface area (Å²) in [6, 6.07) is 11.6. The van der Waals surface area contributed by atoms with Gasteiger partial charge in [-0.2, -0.15) is 0 Å². The van der Waals surface area contributed by atoms with E-state index in [4.69, 9.17) is 0 Å². The van der Waals surface area contributed by atoms with Crippen molar-refractivity contribution < 1.29 is 0 Å². The van der Waals surface area contributed by atoms with Gasteiger partial charge in [0.2, 0.25) is 0 Å². The van der Waals surface area contributed by atoms with Crippen molar-refractivity contribution in [3.8, 4) is 0 Å². The third-order valence-corrected chi connectivity index (χ3v) is 3.00. The smallest absolute Gasteiger partial charge is 0.0466 e. The summed E-state index contributed by atoms with van der Waals surface area (Å²) >= 11 is 0. The summed E-state index contributed by atoms with van der Waals surface area (Å²) in [6.45, 7) is 0. The van der Waals surface area contributed by atoms with Gasteiger partial charge in [0.05, 0.1) is 0 Å². The molecule has 1 nitrogen and oxygen atoms in total. The van der Waals surface area contributed by atoms with Crippen molar-refractivity contribution in [3.05, 3.63) is 35.9 Å². The predicted molar refractivity (Wildman–Crippen MR) is 44.3 cm³/mol. The molecule has 0 amide bonds. The molecule has 0 unspecified atom stereocenters. The highest BCUT2D eigenvalue weighted by Crippen LogP contribution is 2.51. The van der Waals surface area contributed by atoms with Crippen LogP contribution in [0.5, 0.6) is 0 Å². The first-order valence-corrected chi connectivity index (χ1v) is 4.22. The minimum atomic E-state index is 0.409. The molecule has 1 saturated carbocycles. The van der Waals surface area contributed by atoms with E-state index in [0.29, 0.717) is 5.54 Å². The number of benzene rings is 1. The molecule has 56 valence electrons. The molecule has 2 bridgehead atoms. The fourth-order valence-corrected chi connectivity index (χ4v) is 2.21. The molecule has 1 aromatic carbocycles. The molecule has 3 fully saturated rings. The van der Waals surface area contributed by atoms with Gasteiger partial charge in [0.15, 0.2) is 0 Å². The topological polar surface area (TPSA) is 12.0 Å². The van der Waals surface area contributed by atoms with Crippen LogP contribution >= 0.6 is 0 Å². The van der Waals surface area contributed by atoms with E-state index in [9.17, 15) is 0 Å². The number of hydrogen-bond donors (Lipinski definition) is 1. The molecule has 1 heteroatoms. The first-order valence-electron chi connectivity index (χ1n) is 4.22. The van der Waals surface area contributed by atoms with Crippen molar-refractivity contribution in [1.29, 1.82) is 0 Å². The number of nitrogens with one attached hydrogen (secondary N) is 1. The second-order valence-corrected chi connectivity index (χ2v) is 3.70. The quantitative estimate of drug-likeness (QED) is 0.633. The monoisotopic (exact) mass is 145 g/mol. The van der Waals surface area contributed by atoms with Crippen molar-refractivity contribution in [2.75, 3.05) is 0 Å². The maximum atomic E-state index is 3.54. The normalized spacial score (nSPS) is 39.1. The fraction of sp³-hybridized carbons (Fsp3) is 0.400. The van der Waals surface area contributed by atoms with Crippen LogP contribution in [0, 0.1) is 0 Å². The molecule has 0 spiro atoms. The molecule has 0 atom stereocenters. The minimum Gasteiger partial charge on any atom is -0.304 e. The zero-order valence-electron chi connectivity index (χ0n) is 6.38. The Labute approximate surface area is 66.4 Å². The van der Waals surface area contributed by atoms with Gasteiger partial charge in [-0.05, 0) is 18.4 Å². The summed E-state index contributed by atoms with van der Waals surface area (Å²) in [5, 5.41) is 3.54. The summed E-state index contributed by atoms with van der Waals surface area (Å²) in [5.74, 6) is 0. The lowest BCUT2D eigenvalue weighted by Crippen LogP contribution is -2.74. The Kier molecular flexibility index (Phi) is 0.878. The average Bonchev–Trinajstić information content (AvgIpc) is 1.83. The van der Waals surface area contributed by atoms with Crippen LogP contribution in [0.1, 0.15) is 18.4 Å². The largest absolute Gasteiger partial charge is 0.304 e. The lowest BCUT2D eigenvalue weighted by Gasteiger charge is -2.63. The highest BCUT2D eigenvalue weighted by molar-refractivity contribution is 5.34. The number of rotatable bonds is 1. The SMILES string of the molecule is c1ccc(C23CC(C2)N3)cc1. The van der Waals surface area contributed by atoms with Gasteiger partial charge in [-0.25, -0.2) is 0 Å². The van der Waals surface area contributed by atoms with Crippen LogP contribution in [-0.2, 0) is 5.54 Å². The first-order chi connectivity index (χ1) is 5.39. The van der Waals surface area contributed by atoms with Crippen LogP contribution in [0.2, 0.25) is 0 Å². The molecule has 0 aromatic heterocycles. The highest BCUT2D eigenvalue weighted by atomic mass is 15.2. The van der Waals surface area contributed by atoms with E-state index in [1.807, 2.05) is 0 Å². The summed E-state index contributed by atoms with van der Waals surface area (Å²) in [5.41, 5.74) is 1.88. The molecule has 1 N–H and O–H groups in total. The summed E-state index contributed by atoms with van der Waals surface area (Å²) in [4.78, 5) is 0. The summed E-state index contributed by atoms with van der Waals surface area (Å²) in [6.07, 6.45) is 2.72. The zero-order chi connectivity index (χ0) is 7.31. The maximum Gasteiger partial charge on any atom is 0.0466 e. The van der Waals surface area contributed by atoms with Crippen LogP contribution in [0.4, 0.5) is 0 Å². The molecule has 1 aromatic rings. The molecule has 2 aliphatic heterocycles. The van der Waals surface area contributed by atoms with E-state index in [-0.39, 0.29) is 0 Å². The Morgan fingerprint density at radius 2 is 1.82 bits per heavy atom. The van der Waals surface area contributed by atoms with Gasteiger partial charge in [-0.15, -0.1) is 0 Å². The third-order valence-electron chi connectivity index (χ3n) is 3.00. The van der Waals surface area contributed by atoms with E-state index in [0.717, 1.165) is 6.04 Å². The van der Waals surface area contributed by atoms with Gasteiger partial charge in [-0.1, -0.05) is 30.3 Å². The molecular weight excluding hydrogens is 134 g/mol. The van der Waals surface area contributed by atoms with Crippen molar-refractivity contribution in [2.45, 2.75) is 24.4 Å². The molecular formula is C10H11N. The molecule has 0 radical (unpaired) electrons. The second kappa shape index (κ2) is 1.67. The first kappa shape index (κ1) is 5.78. The van der Waals surface area contributed by atoms with E-state index in [1.54, 1.807) is 0 Å². The Morgan fingerprint density at radius 3 is 2.27 bits per heavy atom. The Hall–Kier alpha value is -0.820. The lowest BCUT2D eigenvalue weighted by molar-refractivity contribution is -0.0219. The summed E-state index contributed by atoms with van der Waals surface area (Å²) in [7, 11) is 0. The molecule has 2 heterocycles. The van der Waals surface area contributed by atoms with E-state index in [2.05, 4.69) is 35.6 Å². The van der Waals surface area contributed by atoms with E-state index in [1.165, 1.54) is 18.4 Å². The van der Waals surface area contributed by atoms with E-state index >= 15 is 0 Å². The Bertz CT molecular complexity index is 261. The highest BCUT2D eigenvalue weighted by Gasteiger charge is 2.56. The fourth-order valence-electron chi connectivity index (χ4n) is 2.21. The predicted octanol–water partition coefficient (Wildman–Crippen LogP) is 1.65. The van der Waals surface area contributed by atoms with Gasteiger partial charge in [0.25, 0.3) is 0 Å². The van der Waals surface area contributed by atoms with Crippen molar-refractivity contribution in [2.24, 2.45) is 0 Å². The van der Waals surface area contributed by atoms with Gasteiger partial charge < -0.3 is 5.32 Å². The van der Waals surface area contributed by atoms with Gasteiger partial charge in [0, 0.05) is 11.6 Å². The van der Waals surface area contributed by atoms with Crippen LogP contribution in [0.15, 0.2) is 30.3 Å². The van der Waals surface area contributed by atoms with Gasteiger partial charge in [0.1, 0.15) is 0 Å². The van der Waals surface area contributed by atoms with Crippen LogP contribution < -0.4 is 5.32 Å². The molecule has 2 saturated heterocycles. The zero-order valence-corrected chi connectivity index (χ0v) is 6.38. The minimum absolute atomic E-state index is 0.409. The molecule has 3 aliphatic rings. The van der Waals surface area contributed by atoms with Crippen LogP contribution in [0.25, 0.3) is 0 Å². The van der Waals surface area contributed by atoms with Gasteiger partial charge >= 0.3 is 0 Å². The van der Waals surface area contributed by atoms with E-state index < -0.39 is 0 Å². The van der Waals surface area contributed by atoms with Crippen molar-refractivity contribution in [3.63, 3.8) is 0 Å². The lowest BCUT2D eigenvalue weighted by atomic mass is 9.59. The number of hydrogen-bond acceptors (Lipinski definition) is 1. The maximum absolute atomic E-state index is 3.54. The Balaban J connectivity index is 2.00. The molecule has 1 aliphatic carbocycles. The molecule has 4 rings (SSSR count). The molecule has 11 heavy (non-hydrogen) atoms. The van der Waals surface area contributed by atoms with Crippen molar-refractivity contribution >= 4 is 0 Å². The second-order valence-electron chi connectivity index (χ2n) is 3.70. The van der Waals surface area contributed by atoms with Crippen LogP contribution in [0.3, 0.4) is 0 Å². The standard InChI is InChI=1S/C10H11N/c1-2-4-8(5-3-1)10-6-9(7-10)11-10/h1-5,9,11H,6-7H2.